The highest BCUT2D eigenvalue weighted by Gasteiger charge is 2.50. The van der Waals surface area contributed by atoms with Crippen molar-refractivity contribution in [2.45, 2.75) is 42.7 Å². The Morgan fingerprint density at radius 1 is 0.944 bits per heavy atom. The number of fused-ring (bicyclic) bond motifs is 1. The third kappa shape index (κ3) is 4.57. The van der Waals surface area contributed by atoms with Crippen molar-refractivity contribution in [2.75, 3.05) is 33.4 Å². The summed E-state index contributed by atoms with van der Waals surface area (Å²) in [5.41, 5.74) is 4.07. The number of hydrogen-bond donors (Lipinski definition) is 1. The van der Waals surface area contributed by atoms with Crippen molar-refractivity contribution in [3.05, 3.63) is 83.9 Å². The van der Waals surface area contributed by atoms with Crippen LogP contribution in [-0.4, -0.2) is 68.2 Å². The number of benzene rings is 3. The monoisotopic (exact) mass is 506 g/mol. The van der Waals surface area contributed by atoms with E-state index in [0.29, 0.717) is 18.0 Å². The van der Waals surface area contributed by atoms with E-state index in [1.807, 2.05) is 37.3 Å². The Bertz CT molecular complexity index is 1310. The molecule has 36 heavy (non-hydrogen) atoms. The van der Waals surface area contributed by atoms with Gasteiger partial charge in [-0.25, -0.2) is 8.42 Å². The van der Waals surface area contributed by atoms with Crippen molar-refractivity contribution in [1.29, 1.82) is 0 Å². The molecule has 190 valence electrons. The summed E-state index contributed by atoms with van der Waals surface area (Å²) in [6.07, 6.45) is 1.72. The van der Waals surface area contributed by atoms with Crippen LogP contribution in [0, 0.1) is 6.92 Å². The van der Waals surface area contributed by atoms with Gasteiger partial charge in [0.2, 0.25) is 10.0 Å². The molecule has 1 N–H and O–H groups in total. The average Bonchev–Trinajstić information content (AvgIpc) is 2.88. The Hall–Kier alpha value is -2.71. The van der Waals surface area contributed by atoms with Crippen molar-refractivity contribution in [2.24, 2.45) is 0 Å². The van der Waals surface area contributed by atoms with Crippen LogP contribution in [-0.2, 0) is 10.0 Å². The molecule has 3 atom stereocenters. The standard InChI is InChI=1S/C29H34N2O4S/c1-21-8-3-4-11-28(21)36(33,34)30-16-5-6-17-31-26(19-30)29(27(31)20-32)23-14-12-22(13-15-23)24-9-7-10-25(18-24)35-2/h3-4,7-15,18,26-27,29,32H,5-6,16-17,19-20H2,1-2H3/t26?,27-,29+/m1/s1. The van der Waals surface area contributed by atoms with Gasteiger partial charge < -0.3 is 9.84 Å². The molecule has 0 aliphatic carbocycles. The Morgan fingerprint density at radius 2 is 1.69 bits per heavy atom. The van der Waals surface area contributed by atoms with Crippen LogP contribution in [0.1, 0.15) is 29.9 Å². The van der Waals surface area contributed by atoms with E-state index in [-0.39, 0.29) is 24.6 Å². The zero-order valence-electron chi connectivity index (χ0n) is 20.9. The summed E-state index contributed by atoms with van der Waals surface area (Å²) in [5.74, 6) is 0.887. The summed E-state index contributed by atoms with van der Waals surface area (Å²) >= 11 is 0. The molecule has 2 heterocycles. The Morgan fingerprint density at radius 3 is 2.42 bits per heavy atom. The molecule has 0 spiro atoms. The first kappa shape index (κ1) is 25.0. The van der Waals surface area contributed by atoms with Gasteiger partial charge in [0, 0.05) is 31.1 Å². The summed E-state index contributed by atoms with van der Waals surface area (Å²) in [6, 6.07) is 23.7. The van der Waals surface area contributed by atoms with Gasteiger partial charge in [-0.1, -0.05) is 54.6 Å². The lowest BCUT2D eigenvalue weighted by Gasteiger charge is -2.57. The first-order chi connectivity index (χ1) is 17.4. The zero-order chi connectivity index (χ0) is 25.3. The van der Waals surface area contributed by atoms with Gasteiger partial charge in [0.05, 0.1) is 18.6 Å². The van der Waals surface area contributed by atoms with Crippen LogP contribution < -0.4 is 4.74 Å². The maximum absolute atomic E-state index is 13.6. The maximum atomic E-state index is 13.6. The van der Waals surface area contributed by atoms with Gasteiger partial charge >= 0.3 is 0 Å². The topological polar surface area (TPSA) is 70.1 Å². The van der Waals surface area contributed by atoms with Crippen molar-refractivity contribution in [3.63, 3.8) is 0 Å². The maximum Gasteiger partial charge on any atom is 0.243 e. The third-order valence-electron chi connectivity index (χ3n) is 7.74. The molecule has 5 rings (SSSR count). The summed E-state index contributed by atoms with van der Waals surface area (Å²) < 4.78 is 34.3. The number of sulfonamides is 1. The number of rotatable bonds is 6. The molecule has 0 saturated carbocycles. The highest BCUT2D eigenvalue weighted by molar-refractivity contribution is 7.89. The molecule has 2 saturated heterocycles. The predicted octanol–water partition coefficient (Wildman–Crippen LogP) is 4.28. The number of ether oxygens (including phenoxy) is 1. The molecule has 2 aliphatic rings. The van der Waals surface area contributed by atoms with Gasteiger partial charge in [0.15, 0.2) is 0 Å². The first-order valence-corrected chi connectivity index (χ1v) is 14.0. The summed E-state index contributed by atoms with van der Waals surface area (Å²) in [6.45, 7) is 3.73. The number of aliphatic hydroxyl groups is 1. The van der Waals surface area contributed by atoms with Crippen LogP contribution in [0.4, 0.5) is 0 Å². The third-order valence-corrected chi connectivity index (χ3v) is 9.77. The van der Waals surface area contributed by atoms with Crippen LogP contribution in [0.5, 0.6) is 5.75 Å². The number of hydrogen-bond acceptors (Lipinski definition) is 5. The van der Waals surface area contributed by atoms with Crippen molar-refractivity contribution in [1.82, 2.24) is 9.21 Å². The van der Waals surface area contributed by atoms with E-state index in [1.54, 1.807) is 23.5 Å². The molecule has 7 heteroatoms. The molecule has 2 aliphatic heterocycles. The molecule has 3 aromatic rings. The summed E-state index contributed by atoms with van der Waals surface area (Å²) in [5, 5.41) is 10.3. The Labute approximate surface area is 214 Å². The van der Waals surface area contributed by atoms with Crippen LogP contribution in [0.2, 0.25) is 0 Å². The summed E-state index contributed by atoms with van der Waals surface area (Å²) in [4.78, 5) is 2.69. The molecule has 2 fully saturated rings. The van der Waals surface area contributed by atoms with E-state index >= 15 is 0 Å². The SMILES string of the molecule is COc1cccc(-c2ccc([C@H]3C4CN(S(=O)(=O)c5ccccc5C)CCCCN4[C@@H]3CO)cc2)c1. The fraction of sp³-hybridized carbons (Fsp3) is 0.379. The van der Waals surface area contributed by atoms with E-state index in [9.17, 15) is 13.5 Å². The molecule has 0 amide bonds. The summed E-state index contributed by atoms with van der Waals surface area (Å²) in [7, 11) is -1.94. The number of methoxy groups -OCH3 is 1. The lowest BCUT2D eigenvalue weighted by Crippen LogP contribution is -2.67. The van der Waals surface area contributed by atoms with E-state index in [1.165, 1.54) is 0 Å². The van der Waals surface area contributed by atoms with Gasteiger partial charge in [-0.3, -0.25) is 4.90 Å². The molecule has 0 radical (unpaired) electrons. The molecule has 6 nitrogen and oxygen atoms in total. The molecular formula is C29H34N2O4S. The Balaban J connectivity index is 1.43. The molecule has 0 bridgehead atoms. The number of aryl methyl sites for hydroxylation is 1. The molecular weight excluding hydrogens is 472 g/mol. The van der Waals surface area contributed by atoms with Crippen molar-refractivity contribution < 1.29 is 18.3 Å². The largest absolute Gasteiger partial charge is 0.497 e. The van der Waals surface area contributed by atoms with E-state index in [4.69, 9.17) is 4.74 Å². The van der Waals surface area contributed by atoms with E-state index in [2.05, 4.69) is 35.2 Å². The van der Waals surface area contributed by atoms with Crippen LogP contribution in [0.3, 0.4) is 0 Å². The highest BCUT2D eigenvalue weighted by Crippen LogP contribution is 2.43. The van der Waals surface area contributed by atoms with Gasteiger partial charge in [0.25, 0.3) is 0 Å². The van der Waals surface area contributed by atoms with Gasteiger partial charge in [-0.15, -0.1) is 0 Å². The molecule has 3 aromatic carbocycles. The minimum absolute atomic E-state index is 0.00113. The van der Waals surface area contributed by atoms with Gasteiger partial charge in [-0.2, -0.15) is 4.31 Å². The first-order valence-electron chi connectivity index (χ1n) is 12.6. The predicted molar refractivity (Wildman–Crippen MR) is 142 cm³/mol. The lowest BCUT2D eigenvalue weighted by molar-refractivity contribution is -0.0553. The Kier molecular flexibility index (Phi) is 7.17. The highest BCUT2D eigenvalue weighted by atomic mass is 32.2. The van der Waals surface area contributed by atoms with Crippen LogP contribution >= 0.6 is 0 Å². The quantitative estimate of drug-likeness (QED) is 0.540. The minimum Gasteiger partial charge on any atom is -0.497 e. The second-order valence-electron chi connectivity index (χ2n) is 9.77. The zero-order valence-corrected chi connectivity index (χ0v) is 21.7. The van der Waals surface area contributed by atoms with Gasteiger partial charge in [0.1, 0.15) is 5.75 Å². The number of aliphatic hydroxyl groups excluding tert-OH is 1. The molecule has 1 unspecified atom stereocenters. The smallest absolute Gasteiger partial charge is 0.243 e. The normalized spacial score (nSPS) is 23.2. The van der Waals surface area contributed by atoms with Crippen LogP contribution in [0.25, 0.3) is 11.1 Å². The minimum atomic E-state index is -3.60. The fourth-order valence-corrected chi connectivity index (χ4v) is 7.53. The fourth-order valence-electron chi connectivity index (χ4n) is 5.81. The number of nitrogens with zero attached hydrogens (tertiary/aromatic N) is 2. The van der Waals surface area contributed by atoms with Crippen molar-refractivity contribution in [3.8, 4) is 16.9 Å². The second kappa shape index (κ2) is 10.3. The van der Waals surface area contributed by atoms with E-state index in [0.717, 1.165) is 47.4 Å². The second-order valence-corrected chi connectivity index (χ2v) is 11.7. The van der Waals surface area contributed by atoms with Gasteiger partial charge in [-0.05, 0) is 66.8 Å². The molecule has 0 aromatic heterocycles. The lowest BCUT2D eigenvalue weighted by atomic mass is 9.74. The van der Waals surface area contributed by atoms with E-state index < -0.39 is 10.0 Å². The van der Waals surface area contributed by atoms with Crippen molar-refractivity contribution >= 4 is 10.0 Å². The average molecular weight is 507 g/mol. The van der Waals surface area contributed by atoms with Crippen LogP contribution in [0.15, 0.2) is 77.7 Å².